The quantitative estimate of drug-likeness (QED) is 0.631. The Bertz CT molecular complexity index is 990. The molecule has 3 rings (SSSR count). The molecule has 0 saturated heterocycles. The molecule has 0 radical (unpaired) electrons. The summed E-state index contributed by atoms with van der Waals surface area (Å²) in [4.78, 5) is 30.9. The van der Waals surface area contributed by atoms with E-state index < -0.39 is 0 Å². The van der Waals surface area contributed by atoms with Crippen LogP contribution in [0.1, 0.15) is 11.4 Å². The molecule has 0 aliphatic carbocycles. The SMILES string of the molecule is Cc1cc(N(C)C)nc(Nc2ccc(NC(=O)COc3nccc(C)n3)cc2)n1. The second-order valence-electron chi connectivity index (χ2n) is 6.61. The molecule has 0 aliphatic rings. The van der Waals surface area contributed by atoms with Crippen molar-refractivity contribution in [3.05, 3.63) is 54.0 Å². The van der Waals surface area contributed by atoms with E-state index >= 15 is 0 Å². The van der Waals surface area contributed by atoms with Crippen molar-refractivity contribution in [1.29, 1.82) is 0 Å². The van der Waals surface area contributed by atoms with Crippen molar-refractivity contribution in [2.24, 2.45) is 0 Å². The number of rotatable bonds is 7. The maximum Gasteiger partial charge on any atom is 0.317 e. The Morgan fingerprint density at radius 1 is 1.00 bits per heavy atom. The fraction of sp³-hybridized carbons (Fsp3) is 0.250. The predicted molar refractivity (Wildman–Crippen MR) is 112 cm³/mol. The maximum atomic E-state index is 12.1. The molecule has 2 aromatic heterocycles. The highest BCUT2D eigenvalue weighted by atomic mass is 16.5. The van der Waals surface area contributed by atoms with Gasteiger partial charge < -0.3 is 20.3 Å². The molecule has 2 N–H and O–H groups in total. The van der Waals surface area contributed by atoms with Crippen LogP contribution in [0.25, 0.3) is 0 Å². The zero-order chi connectivity index (χ0) is 20.8. The average molecular weight is 393 g/mol. The van der Waals surface area contributed by atoms with Crippen molar-refractivity contribution < 1.29 is 9.53 Å². The number of benzene rings is 1. The molecular weight excluding hydrogens is 370 g/mol. The molecule has 3 aromatic rings. The summed E-state index contributed by atoms with van der Waals surface area (Å²) in [6.07, 6.45) is 1.58. The number of ether oxygens (including phenoxy) is 1. The van der Waals surface area contributed by atoms with Gasteiger partial charge in [-0.1, -0.05) is 0 Å². The third-order valence-corrected chi connectivity index (χ3v) is 3.83. The summed E-state index contributed by atoms with van der Waals surface area (Å²) in [6, 6.07) is 11.1. The Morgan fingerprint density at radius 2 is 1.72 bits per heavy atom. The number of nitrogens with zero attached hydrogens (tertiary/aromatic N) is 5. The molecule has 0 fully saturated rings. The molecule has 0 bridgehead atoms. The third kappa shape index (κ3) is 5.86. The van der Waals surface area contributed by atoms with Crippen molar-refractivity contribution in [3.63, 3.8) is 0 Å². The Labute approximate surface area is 169 Å². The van der Waals surface area contributed by atoms with Crippen LogP contribution in [0.4, 0.5) is 23.1 Å². The minimum atomic E-state index is -0.298. The summed E-state index contributed by atoms with van der Waals surface area (Å²) in [5.41, 5.74) is 3.10. The van der Waals surface area contributed by atoms with Crippen LogP contribution in [0.15, 0.2) is 42.6 Å². The smallest absolute Gasteiger partial charge is 0.317 e. The standard InChI is InChI=1S/C20H23N7O2/c1-13-9-10-21-20(23-13)29-12-18(28)24-15-5-7-16(8-6-15)25-19-22-14(2)11-17(26-19)27(3)4/h5-11H,12H2,1-4H3,(H,24,28)(H,22,25,26). The molecule has 0 atom stereocenters. The summed E-state index contributed by atoms with van der Waals surface area (Å²) >= 11 is 0. The van der Waals surface area contributed by atoms with E-state index in [4.69, 9.17) is 4.74 Å². The maximum absolute atomic E-state index is 12.1. The van der Waals surface area contributed by atoms with Crippen LogP contribution in [0.5, 0.6) is 6.01 Å². The van der Waals surface area contributed by atoms with E-state index in [1.165, 1.54) is 0 Å². The van der Waals surface area contributed by atoms with Gasteiger partial charge in [-0.15, -0.1) is 0 Å². The van der Waals surface area contributed by atoms with E-state index in [9.17, 15) is 4.79 Å². The van der Waals surface area contributed by atoms with Gasteiger partial charge in [-0.05, 0) is 44.2 Å². The van der Waals surface area contributed by atoms with Crippen molar-refractivity contribution in [3.8, 4) is 6.01 Å². The molecule has 2 heterocycles. The Hall–Kier alpha value is -3.75. The van der Waals surface area contributed by atoms with Crippen LogP contribution in [0, 0.1) is 13.8 Å². The van der Waals surface area contributed by atoms with Gasteiger partial charge in [-0.25, -0.2) is 15.0 Å². The number of hydrogen-bond donors (Lipinski definition) is 2. The summed E-state index contributed by atoms with van der Waals surface area (Å²) in [6.45, 7) is 3.57. The zero-order valence-electron chi connectivity index (χ0n) is 16.8. The Balaban J connectivity index is 1.56. The topological polar surface area (TPSA) is 105 Å². The first-order valence-corrected chi connectivity index (χ1v) is 9.01. The lowest BCUT2D eigenvalue weighted by Crippen LogP contribution is -2.20. The van der Waals surface area contributed by atoms with Crippen molar-refractivity contribution in [2.45, 2.75) is 13.8 Å². The van der Waals surface area contributed by atoms with E-state index in [0.29, 0.717) is 11.6 Å². The van der Waals surface area contributed by atoms with Crippen molar-refractivity contribution in [2.75, 3.05) is 36.2 Å². The normalized spacial score (nSPS) is 10.3. The Kier molecular flexibility index (Phi) is 6.18. The third-order valence-electron chi connectivity index (χ3n) is 3.83. The average Bonchev–Trinajstić information content (AvgIpc) is 2.67. The van der Waals surface area contributed by atoms with Crippen molar-refractivity contribution >= 4 is 29.0 Å². The monoisotopic (exact) mass is 393 g/mol. The van der Waals surface area contributed by atoms with Crippen LogP contribution in [0.2, 0.25) is 0 Å². The van der Waals surface area contributed by atoms with Gasteiger partial charge in [0.05, 0.1) is 0 Å². The summed E-state index contributed by atoms with van der Waals surface area (Å²) in [5, 5.41) is 5.94. The second-order valence-corrected chi connectivity index (χ2v) is 6.61. The lowest BCUT2D eigenvalue weighted by molar-refractivity contribution is -0.118. The molecule has 0 spiro atoms. The number of anilines is 4. The molecular formula is C20H23N7O2. The van der Waals surface area contributed by atoms with E-state index in [1.807, 2.05) is 51.0 Å². The van der Waals surface area contributed by atoms with Gasteiger partial charge in [0.1, 0.15) is 5.82 Å². The zero-order valence-corrected chi connectivity index (χ0v) is 16.8. The first kappa shape index (κ1) is 20.0. The molecule has 150 valence electrons. The number of nitrogens with one attached hydrogen (secondary N) is 2. The first-order valence-electron chi connectivity index (χ1n) is 9.01. The predicted octanol–water partition coefficient (Wildman–Crippen LogP) is 2.71. The second kappa shape index (κ2) is 8.96. The number of aromatic nitrogens is 4. The number of aryl methyl sites for hydroxylation is 2. The van der Waals surface area contributed by atoms with Gasteiger partial charge in [0, 0.05) is 49.1 Å². The largest absolute Gasteiger partial charge is 0.453 e. The molecule has 9 nitrogen and oxygen atoms in total. The molecule has 0 aliphatic heterocycles. The van der Waals surface area contributed by atoms with Gasteiger partial charge in [0.15, 0.2) is 6.61 Å². The highest BCUT2D eigenvalue weighted by Crippen LogP contribution is 2.19. The molecule has 1 amide bonds. The highest BCUT2D eigenvalue weighted by Gasteiger charge is 2.07. The molecule has 0 saturated carbocycles. The van der Waals surface area contributed by atoms with Crippen molar-refractivity contribution in [1.82, 2.24) is 19.9 Å². The van der Waals surface area contributed by atoms with Crippen LogP contribution >= 0.6 is 0 Å². The molecule has 0 unspecified atom stereocenters. The van der Waals surface area contributed by atoms with Crippen LogP contribution in [-0.4, -0.2) is 46.5 Å². The summed E-state index contributed by atoms with van der Waals surface area (Å²) in [5.74, 6) is 1.03. The fourth-order valence-corrected chi connectivity index (χ4v) is 2.43. The lowest BCUT2D eigenvalue weighted by atomic mass is 10.3. The van der Waals surface area contributed by atoms with Crippen LogP contribution in [-0.2, 0) is 4.79 Å². The fourth-order valence-electron chi connectivity index (χ4n) is 2.43. The van der Waals surface area contributed by atoms with Gasteiger partial charge in [-0.3, -0.25) is 4.79 Å². The Morgan fingerprint density at radius 3 is 2.41 bits per heavy atom. The van der Waals surface area contributed by atoms with E-state index in [1.54, 1.807) is 24.4 Å². The lowest BCUT2D eigenvalue weighted by Gasteiger charge is -2.14. The number of amides is 1. The van der Waals surface area contributed by atoms with Crippen LogP contribution < -0.4 is 20.3 Å². The van der Waals surface area contributed by atoms with E-state index in [2.05, 4.69) is 30.6 Å². The molecule has 1 aromatic carbocycles. The minimum absolute atomic E-state index is 0.173. The van der Waals surface area contributed by atoms with Gasteiger partial charge in [-0.2, -0.15) is 4.98 Å². The van der Waals surface area contributed by atoms with Crippen LogP contribution in [0.3, 0.4) is 0 Å². The number of carbonyl (C=O) groups is 1. The van der Waals surface area contributed by atoms with Gasteiger partial charge >= 0.3 is 6.01 Å². The highest BCUT2D eigenvalue weighted by molar-refractivity contribution is 5.92. The molecule has 29 heavy (non-hydrogen) atoms. The summed E-state index contributed by atoms with van der Waals surface area (Å²) in [7, 11) is 3.86. The van der Waals surface area contributed by atoms with Gasteiger partial charge in [0.25, 0.3) is 5.91 Å². The number of hydrogen-bond acceptors (Lipinski definition) is 8. The molecule has 9 heteroatoms. The summed E-state index contributed by atoms with van der Waals surface area (Å²) < 4.78 is 5.30. The number of carbonyl (C=O) groups excluding carboxylic acids is 1. The first-order chi connectivity index (χ1) is 13.9. The minimum Gasteiger partial charge on any atom is -0.453 e. The van der Waals surface area contributed by atoms with E-state index in [0.717, 1.165) is 22.9 Å². The van der Waals surface area contributed by atoms with Gasteiger partial charge in [0.2, 0.25) is 5.95 Å². The van der Waals surface area contributed by atoms with E-state index in [-0.39, 0.29) is 18.5 Å².